The van der Waals surface area contributed by atoms with Gasteiger partial charge in [0.1, 0.15) is 10.7 Å². The highest BCUT2D eigenvalue weighted by Crippen LogP contribution is 2.23. The number of anilines is 1. The Bertz CT molecular complexity index is 913. The van der Waals surface area contributed by atoms with E-state index < -0.39 is 21.9 Å². The number of carboxylic acids is 1. The topological polar surface area (TPSA) is 117 Å². The summed E-state index contributed by atoms with van der Waals surface area (Å²) in [6, 6.07) is 7.91. The third-order valence-corrected chi connectivity index (χ3v) is 5.62. The van der Waals surface area contributed by atoms with Gasteiger partial charge in [0.25, 0.3) is 5.91 Å². The molecule has 9 heteroatoms. The maximum Gasteiger partial charge on any atom is 0.303 e. The number of furan rings is 1. The first-order chi connectivity index (χ1) is 12.1. The third kappa shape index (κ3) is 4.50. The van der Waals surface area contributed by atoms with Crippen LogP contribution in [0.2, 0.25) is 0 Å². The van der Waals surface area contributed by atoms with E-state index in [0.717, 1.165) is 9.87 Å². The molecule has 1 aromatic heterocycles. The minimum atomic E-state index is -3.70. The molecule has 0 fully saturated rings. The fraction of sp³-hybridized carbons (Fsp3) is 0.294. The van der Waals surface area contributed by atoms with Crippen molar-refractivity contribution < 1.29 is 27.5 Å². The average Bonchev–Trinajstić information content (AvgIpc) is 2.96. The van der Waals surface area contributed by atoms with Crippen molar-refractivity contribution in [2.24, 2.45) is 0 Å². The summed E-state index contributed by atoms with van der Waals surface area (Å²) in [7, 11) is -0.908. The fourth-order valence-corrected chi connectivity index (χ4v) is 3.28. The van der Waals surface area contributed by atoms with E-state index in [1.54, 1.807) is 24.3 Å². The van der Waals surface area contributed by atoms with E-state index in [-0.39, 0.29) is 22.8 Å². The molecule has 2 rings (SSSR count). The molecular weight excluding hydrogens is 360 g/mol. The number of aliphatic carboxylic acids is 1. The zero-order chi connectivity index (χ0) is 19.5. The molecule has 0 atom stereocenters. The summed E-state index contributed by atoms with van der Waals surface area (Å²) in [6.45, 7) is 1.48. The Morgan fingerprint density at radius 3 is 2.35 bits per heavy atom. The lowest BCUT2D eigenvalue weighted by atomic mass is 10.1. The summed E-state index contributed by atoms with van der Waals surface area (Å²) in [5, 5.41) is 11.3. The van der Waals surface area contributed by atoms with Crippen molar-refractivity contribution in [1.82, 2.24) is 4.31 Å². The van der Waals surface area contributed by atoms with E-state index in [0.29, 0.717) is 12.1 Å². The fourth-order valence-electron chi connectivity index (χ4n) is 2.23. The lowest BCUT2D eigenvalue weighted by Gasteiger charge is -2.09. The monoisotopic (exact) mass is 380 g/mol. The molecule has 0 saturated heterocycles. The summed E-state index contributed by atoms with van der Waals surface area (Å²) in [5.74, 6) is -1.43. The highest BCUT2D eigenvalue weighted by molar-refractivity contribution is 7.89. The number of nitrogens with one attached hydrogen (secondary N) is 1. The molecule has 0 saturated carbocycles. The normalized spacial score (nSPS) is 11.5. The van der Waals surface area contributed by atoms with E-state index in [4.69, 9.17) is 9.52 Å². The van der Waals surface area contributed by atoms with Gasteiger partial charge in [-0.3, -0.25) is 9.59 Å². The highest BCUT2D eigenvalue weighted by Gasteiger charge is 2.25. The Morgan fingerprint density at radius 2 is 1.81 bits per heavy atom. The molecule has 2 N–H and O–H groups in total. The molecule has 1 amide bonds. The lowest BCUT2D eigenvalue weighted by molar-refractivity contribution is -0.136. The first-order valence-corrected chi connectivity index (χ1v) is 9.20. The molecule has 2 aromatic rings. The van der Waals surface area contributed by atoms with Crippen LogP contribution in [0, 0.1) is 6.92 Å². The van der Waals surface area contributed by atoms with Gasteiger partial charge in [0.2, 0.25) is 10.0 Å². The summed E-state index contributed by atoms with van der Waals surface area (Å²) < 4.78 is 30.7. The molecule has 0 unspecified atom stereocenters. The molecule has 1 aromatic carbocycles. The zero-order valence-electron chi connectivity index (χ0n) is 14.6. The quantitative estimate of drug-likeness (QED) is 0.760. The van der Waals surface area contributed by atoms with Gasteiger partial charge in [-0.2, -0.15) is 0 Å². The van der Waals surface area contributed by atoms with Crippen LogP contribution >= 0.6 is 0 Å². The molecule has 0 aliphatic heterocycles. The van der Waals surface area contributed by atoms with Gasteiger partial charge < -0.3 is 14.8 Å². The standard InChI is InChI=1S/C17H20N2O6S/c1-11-15(26(23,24)19(2)3)10-14(25-11)17(22)18-13-7-4-12(5-8-13)6-9-16(20)21/h4-5,7-8,10H,6,9H2,1-3H3,(H,18,22)(H,20,21). The number of aryl methyl sites for hydroxylation is 2. The lowest BCUT2D eigenvalue weighted by Crippen LogP contribution is -2.22. The summed E-state index contributed by atoms with van der Waals surface area (Å²) in [6.07, 6.45) is 0.424. The molecule has 0 spiro atoms. The van der Waals surface area contributed by atoms with Gasteiger partial charge in [-0.1, -0.05) is 12.1 Å². The van der Waals surface area contributed by atoms with Gasteiger partial charge in [-0.25, -0.2) is 12.7 Å². The Kier molecular flexibility index (Phi) is 5.83. The van der Waals surface area contributed by atoms with Crippen molar-refractivity contribution in [2.75, 3.05) is 19.4 Å². The van der Waals surface area contributed by atoms with E-state index in [1.165, 1.54) is 27.1 Å². The molecular formula is C17H20N2O6S. The van der Waals surface area contributed by atoms with Crippen LogP contribution in [0.1, 0.15) is 28.3 Å². The van der Waals surface area contributed by atoms with E-state index >= 15 is 0 Å². The second-order valence-corrected chi connectivity index (χ2v) is 7.98. The van der Waals surface area contributed by atoms with Crippen LogP contribution in [0.25, 0.3) is 0 Å². The van der Waals surface area contributed by atoms with Crippen molar-refractivity contribution in [3.63, 3.8) is 0 Å². The number of benzene rings is 1. The first kappa shape index (κ1) is 19.7. The predicted molar refractivity (Wildman–Crippen MR) is 94.7 cm³/mol. The summed E-state index contributed by atoms with van der Waals surface area (Å²) in [5.41, 5.74) is 1.32. The smallest absolute Gasteiger partial charge is 0.303 e. The Labute approximate surface area is 151 Å². The average molecular weight is 380 g/mol. The second-order valence-electron chi connectivity index (χ2n) is 5.86. The molecule has 0 bridgehead atoms. The SMILES string of the molecule is Cc1oc(C(=O)Nc2ccc(CCC(=O)O)cc2)cc1S(=O)(=O)N(C)C. The number of carbonyl (C=O) groups is 2. The van der Waals surface area contributed by atoms with Crippen LogP contribution in [-0.2, 0) is 21.2 Å². The number of sulfonamides is 1. The van der Waals surface area contributed by atoms with Crippen LogP contribution in [0.3, 0.4) is 0 Å². The number of carboxylic acid groups (broad SMARTS) is 1. The van der Waals surface area contributed by atoms with Crippen LogP contribution in [0.5, 0.6) is 0 Å². The van der Waals surface area contributed by atoms with Crippen molar-refractivity contribution in [3.8, 4) is 0 Å². The minimum Gasteiger partial charge on any atom is -0.481 e. The molecule has 0 radical (unpaired) electrons. The van der Waals surface area contributed by atoms with Crippen molar-refractivity contribution >= 4 is 27.6 Å². The van der Waals surface area contributed by atoms with Gasteiger partial charge in [0.15, 0.2) is 5.76 Å². The maximum absolute atomic E-state index is 12.3. The Hall–Kier alpha value is -2.65. The van der Waals surface area contributed by atoms with Crippen molar-refractivity contribution in [1.29, 1.82) is 0 Å². The largest absolute Gasteiger partial charge is 0.481 e. The zero-order valence-corrected chi connectivity index (χ0v) is 15.5. The first-order valence-electron chi connectivity index (χ1n) is 7.76. The molecule has 140 valence electrons. The molecule has 0 aliphatic rings. The number of nitrogens with zero attached hydrogens (tertiary/aromatic N) is 1. The number of hydrogen-bond donors (Lipinski definition) is 2. The van der Waals surface area contributed by atoms with Crippen LogP contribution in [0.4, 0.5) is 5.69 Å². The molecule has 0 aliphatic carbocycles. The van der Waals surface area contributed by atoms with Gasteiger partial charge in [0, 0.05) is 32.3 Å². The van der Waals surface area contributed by atoms with Crippen LogP contribution < -0.4 is 5.32 Å². The maximum atomic E-state index is 12.3. The Balaban J connectivity index is 2.12. The van der Waals surface area contributed by atoms with Crippen LogP contribution in [-0.4, -0.2) is 43.8 Å². The van der Waals surface area contributed by atoms with Crippen molar-refractivity contribution in [2.45, 2.75) is 24.7 Å². The summed E-state index contributed by atoms with van der Waals surface area (Å²) in [4.78, 5) is 22.8. The van der Waals surface area contributed by atoms with Gasteiger partial charge in [0.05, 0.1) is 0 Å². The number of rotatable bonds is 7. The third-order valence-electron chi connectivity index (χ3n) is 3.69. The predicted octanol–water partition coefficient (Wildman–Crippen LogP) is 2.11. The number of amides is 1. The van der Waals surface area contributed by atoms with E-state index in [2.05, 4.69) is 5.32 Å². The Morgan fingerprint density at radius 1 is 1.19 bits per heavy atom. The second kappa shape index (κ2) is 7.71. The van der Waals surface area contributed by atoms with Crippen LogP contribution in [0.15, 0.2) is 39.6 Å². The van der Waals surface area contributed by atoms with Gasteiger partial charge in [-0.05, 0) is 31.0 Å². The van der Waals surface area contributed by atoms with E-state index in [1.807, 2.05) is 0 Å². The van der Waals surface area contributed by atoms with Gasteiger partial charge >= 0.3 is 5.97 Å². The van der Waals surface area contributed by atoms with E-state index in [9.17, 15) is 18.0 Å². The number of carbonyl (C=O) groups excluding carboxylic acids is 1. The van der Waals surface area contributed by atoms with Crippen molar-refractivity contribution in [3.05, 3.63) is 47.4 Å². The van der Waals surface area contributed by atoms with Gasteiger partial charge in [-0.15, -0.1) is 0 Å². The summed E-state index contributed by atoms with van der Waals surface area (Å²) >= 11 is 0. The molecule has 8 nitrogen and oxygen atoms in total. The number of hydrogen-bond acceptors (Lipinski definition) is 5. The molecule has 1 heterocycles. The molecule has 26 heavy (non-hydrogen) atoms. The highest BCUT2D eigenvalue weighted by atomic mass is 32.2. The minimum absolute atomic E-state index is 0.0283.